The zero-order chi connectivity index (χ0) is 28.5. The molecule has 11 nitrogen and oxygen atoms in total. The van der Waals surface area contributed by atoms with Gasteiger partial charge in [-0.25, -0.2) is 9.78 Å². The molecule has 210 valence electrons. The van der Waals surface area contributed by atoms with Gasteiger partial charge in [-0.3, -0.25) is 19.3 Å². The van der Waals surface area contributed by atoms with E-state index in [0.29, 0.717) is 55.0 Å². The van der Waals surface area contributed by atoms with E-state index in [1.807, 2.05) is 0 Å². The number of anilines is 1. The van der Waals surface area contributed by atoms with Gasteiger partial charge < -0.3 is 24.4 Å². The molecule has 0 spiro atoms. The van der Waals surface area contributed by atoms with Gasteiger partial charge in [-0.15, -0.1) is 0 Å². The molecule has 4 rings (SSSR count). The molecule has 2 aliphatic rings. The van der Waals surface area contributed by atoms with Crippen molar-refractivity contribution in [2.45, 2.75) is 45.3 Å². The topological polar surface area (TPSA) is 117 Å². The Morgan fingerprint density at radius 1 is 1.08 bits per heavy atom. The second-order valence-corrected chi connectivity index (χ2v) is 11.8. The number of carbonyl (C=O) groups excluding carboxylic acids is 4. The molecule has 0 saturated carbocycles. The summed E-state index contributed by atoms with van der Waals surface area (Å²) in [7, 11) is 1.71. The lowest BCUT2D eigenvalue weighted by Crippen LogP contribution is -2.55. The number of amides is 4. The van der Waals surface area contributed by atoms with Crippen molar-refractivity contribution in [3.63, 3.8) is 0 Å². The van der Waals surface area contributed by atoms with Gasteiger partial charge in [0, 0.05) is 45.5 Å². The highest BCUT2D eigenvalue weighted by atomic mass is 79.9. The lowest BCUT2D eigenvalue weighted by molar-refractivity contribution is -0.137. The molecule has 2 fully saturated rings. The smallest absolute Gasteiger partial charge is 0.410 e. The van der Waals surface area contributed by atoms with Gasteiger partial charge in [-0.05, 0) is 67.7 Å². The van der Waals surface area contributed by atoms with Crippen molar-refractivity contribution in [1.29, 1.82) is 0 Å². The number of ether oxygens (including phenoxy) is 1. The van der Waals surface area contributed by atoms with Crippen LogP contribution in [-0.2, 0) is 16.6 Å². The van der Waals surface area contributed by atoms with Crippen LogP contribution < -0.4 is 5.32 Å². The van der Waals surface area contributed by atoms with Crippen molar-refractivity contribution < 1.29 is 23.9 Å². The number of halogens is 2. The summed E-state index contributed by atoms with van der Waals surface area (Å²) in [5, 5.41) is 2.94. The zero-order valence-corrected chi connectivity index (χ0v) is 24.7. The van der Waals surface area contributed by atoms with Crippen molar-refractivity contribution in [1.82, 2.24) is 24.3 Å². The number of nitrogens with zero attached hydrogens (tertiary/aromatic N) is 5. The second kappa shape index (κ2) is 11.5. The molecule has 2 saturated heterocycles. The van der Waals surface area contributed by atoms with Gasteiger partial charge in [0.2, 0.25) is 5.91 Å². The standard InChI is InChI=1S/C26H32BrClN6O5/c1-26(2,3)39-25(38)34-9-5-6-19(34)24(37)33-12-10-32(11-13-33)23(36)17-8-7-16(14-18(17)28)30-22(35)21-29-15-20(27)31(21)4/h7-8,14-15,19H,5-6,9-13H2,1-4H3,(H,30,35)/t19-/m0/s1. The molecule has 4 amide bonds. The maximum Gasteiger partial charge on any atom is 0.410 e. The average molecular weight is 624 g/mol. The van der Waals surface area contributed by atoms with Crippen LogP contribution in [0.3, 0.4) is 0 Å². The number of hydrogen-bond donors (Lipinski definition) is 1. The second-order valence-electron chi connectivity index (χ2n) is 10.6. The van der Waals surface area contributed by atoms with Crippen LogP contribution in [0.5, 0.6) is 0 Å². The Morgan fingerprint density at radius 2 is 1.74 bits per heavy atom. The predicted octanol–water partition coefficient (Wildman–Crippen LogP) is 3.77. The van der Waals surface area contributed by atoms with Crippen LogP contribution in [0, 0.1) is 0 Å². The first-order chi connectivity index (χ1) is 18.4. The van der Waals surface area contributed by atoms with E-state index in [1.54, 1.807) is 54.3 Å². The fourth-order valence-electron chi connectivity index (χ4n) is 4.63. The molecule has 0 bridgehead atoms. The molecule has 1 atom stereocenters. The Bertz CT molecular complexity index is 1280. The molecule has 0 aliphatic carbocycles. The molecule has 1 N–H and O–H groups in total. The van der Waals surface area contributed by atoms with Gasteiger partial charge in [0.1, 0.15) is 16.2 Å². The van der Waals surface area contributed by atoms with Crippen LogP contribution in [0.1, 0.15) is 54.6 Å². The van der Waals surface area contributed by atoms with Gasteiger partial charge >= 0.3 is 6.09 Å². The van der Waals surface area contributed by atoms with Crippen LogP contribution in [-0.4, -0.2) is 92.4 Å². The van der Waals surface area contributed by atoms with Crippen LogP contribution in [0.25, 0.3) is 0 Å². The molecule has 39 heavy (non-hydrogen) atoms. The van der Waals surface area contributed by atoms with Gasteiger partial charge in [-0.2, -0.15) is 0 Å². The Morgan fingerprint density at radius 3 is 2.33 bits per heavy atom. The predicted molar refractivity (Wildman–Crippen MR) is 149 cm³/mol. The number of carbonyl (C=O) groups is 4. The van der Waals surface area contributed by atoms with Crippen LogP contribution in [0.2, 0.25) is 5.02 Å². The fraction of sp³-hybridized carbons (Fsp3) is 0.500. The largest absolute Gasteiger partial charge is 0.444 e. The summed E-state index contributed by atoms with van der Waals surface area (Å²) < 4.78 is 7.74. The van der Waals surface area contributed by atoms with E-state index >= 15 is 0 Å². The highest BCUT2D eigenvalue weighted by molar-refractivity contribution is 9.10. The lowest BCUT2D eigenvalue weighted by Gasteiger charge is -2.37. The first-order valence-corrected chi connectivity index (χ1v) is 13.9. The maximum atomic E-state index is 13.2. The molecule has 1 aromatic heterocycles. The van der Waals surface area contributed by atoms with E-state index < -0.39 is 23.6 Å². The van der Waals surface area contributed by atoms with Crippen molar-refractivity contribution >= 4 is 57.0 Å². The van der Waals surface area contributed by atoms with Crippen LogP contribution in [0.4, 0.5) is 10.5 Å². The molecular weight excluding hydrogens is 592 g/mol. The number of benzene rings is 1. The maximum absolute atomic E-state index is 13.2. The van der Waals surface area contributed by atoms with Crippen molar-refractivity contribution in [2.24, 2.45) is 7.05 Å². The van der Waals surface area contributed by atoms with Crippen LogP contribution >= 0.6 is 27.5 Å². The zero-order valence-electron chi connectivity index (χ0n) is 22.4. The molecule has 2 aromatic rings. The highest BCUT2D eigenvalue weighted by Crippen LogP contribution is 2.26. The lowest BCUT2D eigenvalue weighted by atomic mass is 10.1. The fourth-order valence-corrected chi connectivity index (χ4v) is 5.16. The Hall–Kier alpha value is -3.12. The number of hydrogen-bond acceptors (Lipinski definition) is 6. The third kappa shape index (κ3) is 6.55. The molecule has 3 heterocycles. The third-order valence-corrected chi connectivity index (χ3v) is 7.69. The summed E-state index contributed by atoms with van der Waals surface area (Å²) in [6.07, 6.45) is 2.38. The third-order valence-electron chi connectivity index (χ3n) is 6.64. The summed E-state index contributed by atoms with van der Waals surface area (Å²) in [5.41, 5.74) is 0.101. The Labute approximate surface area is 240 Å². The molecule has 13 heteroatoms. The van der Waals surface area contributed by atoms with Gasteiger partial charge in [0.15, 0.2) is 5.82 Å². The monoisotopic (exact) mass is 622 g/mol. The van der Waals surface area contributed by atoms with E-state index in [-0.39, 0.29) is 22.7 Å². The average Bonchev–Trinajstić information content (AvgIpc) is 3.49. The molecular formula is C26H32BrClN6O5. The summed E-state index contributed by atoms with van der Waals surface area (Å²) in [4.78, 5) is 60.5. The van der Waals surface area contributed by atoms with Crippen LogP contribution in [0.15, 0.2) is 29.0 Å². The normalized spacial score (nSPS) is 17.8. The number of aromatic nitrogens is 2. The van der Waals surface area contributed by atoms with E-state index in [9.17, 15) is 19.2 Å². The van der Waals surface area contributed by atoms with Crippen molar-refractivity contribution in [3.05, 3.63) is 45.4 Å². The van der Waals surface area contributed by atoms with E-state index in [2.05, 4.69) is 26.2 Å². The first-order valence-electron chi connectivity index (χ1n) is 12.7. The Balaban J connectivity index is 1.34. The van der Waals surface area contributed by atoms with E-state index in [0.717, 1.165) is 6.42 Å². The first kappa shape index (κ1) is 28.9. The minimum Gasteiger partial charge on any atom is -0.444 e. The number of likely N-dealkylation sites (tertiary alicyclic amines) is 1. The number of piperazine rings is 1. The number of imidazole rings is 1. The van der Waals surface area contributed by atoms with Gasteiger partial charge in [-0.1, -0.05) is 11.6 Å². The minimum absolute atomic E-state index is 0.122. The molecule has 2 aliphatic heterocycles. The molecule has 0 unspecified atom stereocenters. The molecule has 0 radical (unpaired) electrons. The summed E-state index contributed by atoms with van der Waals surface area (Å²) in [6.45, 7) is 7.27. The number of rotatable bonds is 4. The van der Waals surface area contributed by atoms with Gasteiger partial charge in [0.25, 0.3) is 11.8 Å². The molecule has 1 aromatic carbocycles. The number of nitrogens with one attached hydrogen (secondary N) is 1. The van der Waals surface area contributed by atoms with Crippen molar-refractivity contribution in [3.8, 4) is 0 Å². The summed E-state index contributed by atoms with van der Waals surface area (Å²) in [6, 6.07) is 4.16. The highest BCUT2D eigenvalue weighted by Gasteiger charge is 2.39. The van der Waals surface area contributed by atoms with Gasteiger partial charge in [0.05, 0.1) is 16.8 Å². The van der Waals surface area contributed by atoms with E-state index in [4.69, 9.17) is 16.3 Å². The quantitative estimate of drug-likeness (QED) is 0.554. The van der Waals surface area contributed by atoms with Crippen molar-refractivity contribution in [2.75, 3.05) is 38.0 Å². The summed E-state index contributed by atoms with van der Waals surface area (Å²) >= 11 is 9.73. The minimum atomic E-state index is -0.638. The van der Waals surface area contributed by atoms with E-state index in [1.165, 1.54) is 17.2 Å². The Kier molecular flexibility index (Phi) is 8.55. The summed E-state index contributed by atoms with van der Waals surface area (Å²) in [5.74, 6) is -0.568. The SMILES string of the molecule is Cn1c(Br)cnc1C(=O)Nc1ccc(C(=O)N2CCN(C(=O)[C@@H]3CCCN3C(=O)OC(C)(C)C)CC2)c(Cl)c1.